The van der Waals surface area contributed by atoms with Crippen LogP contribution in [0.2, 0.25) is 0 Å². The molecule has 6 nitrogen and oxygen atoms in total. The fraction of sp³-hybridized carbons (Fsp3) is 0.333. The van der Waals surface area contributed by atoms with Gasteiger partial charge in [0.25, 0.3) is 0 Å². The molecule has 6 heteroatoms. The maximum atomic E-state index is 10.5. The number of aliphatic hydroxyl groups is 1. The minimum absolute atomic E-state index is 0.292. The Bertz CT molecular complexity index is 1130. The fourth-order valence-corrected chi connectivity index (χ4v) is 4.30. The number of nitrogens with zero attached hydrogens (tertiary/aromatic N) is 3. The van der Waals surface area contributed by atoms with Crippen molar-refractivity contribution in [3.63, 3.8) is 0 Å². The van der Waals surface area contributed by atoms with E-state index < -0.39 is 6.10 Å². The van der Waals surface area contributed by atoms with Crippen molar-refractivity contribution in [2.75, 3.05) is 26.2 Å². The lowest BCUT2D eigenvalue weighted by Gasteiger charge is -2.32. The van der Waals surface area contributed by atoms with Crippen molar-refractivity contribution < 1.29 is 9.84 Å². The van der Waals surface area contributed by atoms with Crippen molar-refractivity contribution in [3.05, 3.63) is 66.6 Å². The summed E-state index contributed by atoms with van der Waals surface area (Å²) in [5, 5.41) is 11.5. The minimum atomic E-state index is -0.517. The van der Waals surface area contributed by atoms with Crippen molar-refractivity contribution in [2.24, 2.45) is 0 Å². The van der Waals surface area contributed by atoms with Gasteiger partial charge in [-0.15, -0.1) is 0 Å². The summed E-state index contributed by atoms with van der Waals surface area (Å²) < 4.78 is 5.90. The number of rotatable bonds is 6. The summed E-state index contributed by atoms with van der Waals surface area (Å²) in [6.45, 7) is 2.81. The van der Waals surface area contributed by atoms with E-state index in [1.165, 1.54) is 0 Å². The van der Waals surface area contributed by atoms with Gasteiger partial charge in [0, 0.05) is 35.8 Å². The first-order chi connectivity index (χ1) is 14.8. The first-order valence-electron chi connectivity index (χ1n) is 10.6. The normalized spacial score (nSPS) is 16.8. The van der Waals surface area contributed by atoms with Crippen molar-refractivity contribution in [1.29, 1.82) is 0 Å². The van der Waals surface area contributed by atoms with Gasteiger partial charge in [0.1, 0.15) is 18.5 Å². The Balaban J connectivity index is 1.13. The Hall–Kier alpha value is -2.96. The van der Waals surface area contributed by atoms with E-state index in [9.17, 15) is 5.11 Å². The van der Waals surface area contributed by atoms with E-state index in [0.717, 1.165) is 59.3 Å². The Morgan fingerprint density at radius 2 is 1.90 bits per heavy atom. The van der Waals surface area contributed by atoms with E-state index in [-0.39, 0.29) is 0 Å². The smallest absolute Gasteiger partial charge is 0.128 e. The highest BCUT2D eigenvalue weighted by Crippen LogP contribution is 2.28. The van der Waals surface area contributed by atoms with Crippen LogP contribution in [0.1, 0.15) is 24.5 Å². The largest absolute Gasteiger partial charge is 0.490 e. The molecule has 2 aromatic heterocycles. The number of fused-ring (bicyclic) bond motifs is 2. The number of nitrogens with one attached hydrogen (secondary N) is 1. The van der Waals surface area contributed by atoms with Crippen molar-refractivity contribution in [1.82, 2.24) is 19.9 Å². The summed E-state index contributed by atoms with van der Waals surface area (Å²) in [5.74, 6) is 1.24. The lowest BCUT2D eigenvalue weighted by Crippen LogP contribution is -2.40. The summed E-state index contributed by atoms with van der Waals surface area (Å²) in [6, 6.07) is 15.9. The van der Waals surface area contributed by atoms with Gasteiger partial charge in [-0.05, 0) is 56.3 Å². The van der Waals surface area contributed by atoms with Crippen molar-refractivity contribution in [2.45, 2.75) is 24.9 Å². The first kappa shape index (κ1) is 19.0. The molecule has 1 fully saturated rings. The molecule has 2 aromatic carbocycles. The number of aromatic amines is 1. The zero-order valence-electron chi connectivity index (χ0n) is 16.9. The van der Waals surface area contributed by atoms with E-state index >= 15 is 0 Å². The lowest BCUT2D eigenvalue weighted by atomic mass is 9.93. The van der Waals surface area contributed by atoms with Gasteiger partial charge in [-0.3, -0.25) is 4.98 Å². The summed E-state index contributed by atoms with van der Waals surface area (Å²) in [5.41, 5.74) is 4.03. The molecule has 0 bridgehead atoms. The van der Waals surface area contributed by atoms with Crippen molar-refractivity contribution >= 4 is 21.9 Å². The van der Waals surface area contributed by atoms with Crippen LogP contribution in [0.4, 0.5) is 0 Å². The molecule has 1 atom stereocenters. The van der Waals surface area contributed by atoms with E-state index in [2.05, 4.69) is 14.9 Å². The first-order valence-corrected chi connectivity index (χ1v) is 10.6. The Labute approximate surface area is 175 Å². The number of hydrogen-bond acceptors (Lipinski definition) is 5. The topological polar surface area (TPSA) is 74.3 Å². The predicted octanol–water partition coefficient (Wildman–Crippen LogP) is 3.73. The van der Waals surface area contributed by atoms with Gasteiger partial charge in [0.05, 0.1) is 16.7 Å². The van der Waals surface area contributed by atoms with Gasteiger partial charge in [-0.25, -0.2) is 4.98 Å². The third-order valence-corrected chi connectivity index (χ3v) is 5.93. The molecule has 3 heterocycles. The number of benzene rings is 2. The molecular weight excluding hydrogens is 376 g/mol. The highest BCUT2D eigenvalue weighted by molar-refractivity contribution is 5.85. The van der Waals surface area contributed by atoms with Crippen LogP contribution in [0.25, 0.3) is 21.9 Å². The van der Waals surface area contributed by atoms with Crippen LogP contribution >= 0.6 is 0 Å². The zero-order chi connectivity index (χ0) is 20.3. The van der Waals surface area contributed by atoms with Crippen LogP contribution in [0.15, 0.2) is 60.9 Å². The highest BCUT2D eigenvalue weighted by Gasteiger charge is 2.23. The molecule has 1 aliphatic heterocycles. The van der Waals surface area contributed by atoms with Crippen LogP contribution in [0, 0.1) is 0 Å². The average Bonchev–Trinajstić information content (AvgIpc) is 3.27. The molecule has 5 rings (SSSR count). The van der Waals surface area contributed by atoms with E-state index in [4.69, 9.17) is 9.72 Å². The molecule has 154 valence electrons. The zero-order valence-corrected chi connectivity index (χ0v) is 16.9. The molecular formula is C24H26N4O2. The molecule has 1 aliphatic rings. The van der Waals surface area contributed by atoms with Crippen LogP contribution in [-0.4, -0.2) is 57.3 Å². The Kier molecular flexibility index (Phi) is 5.34. The fourth-order valence-electron chi connectivity index (χ4n) is 4.30. The van der Waals surface area contributed by atoms with Gasteiger partial charge >= 0.3 is 0 Å². The number of piperidine rings is 1. The minimum Gasteiger partial charge on any atom is -0.490 e. The number of β-amino-alcohol motifs (C(OH)–C–C–N with tert-alkyl or cyclic N) is 1. The number of hydrogen-bond donors (Lipinski definition) is 2. The van der Waals surface area contributed by atoms with Gasteiger partial charge < -0.3 is 19.7 Å². The third kappa shape index (κ3) is 4.01. The highest BCUT2D eigenvalue weighted by atomic mass is 16.5. The van der Waals surface area contributed by atoms with Gasteiger partial charge in [-0.2, -0.15) is 0 Å². The SMILES string of the molecule is O[C@H](COc1cccc2[nH]ccc12)CN1CCC(c2cnc3ccccc3n2)CC1. The predicted molar refractivity (Wildman–Crippen MR) is 118 cm³/mol. The monoisotopic (exact) mass is 402 g/mol. The van der Waals surface area contributed by atoms with Crippen LogP contribution < -0.4 is 4.74 Å². The molecule has 2 N–H and O–H groups in total. The molecule has 0 saturated carbocycles. The molecule has 1 saturated heterocycles. The molecule has 30 heavy (non-hydrogen) atoms. The summed E-state index contributed by atoms with van der Waals surface area (Å²) >= 11 is 0. The summed E-state index contributed by atoms with van der Waals surface area (Å²) in [6.07, 6.45) is 5.37. The number of likely N-dealkylation sites (tertiary alicyclic amines) is 1. The molecule has 0 amide bonds. The number of para-hydroxylation sites is 2. The van der Waals surface area contributed by atoms with Gasteiger partial charge in [0.2, 0.25) is 0 Å². The average molecular weight is 402 g/mol. The molecule has 0 unspecified atom stereocenters. The van der Waals surface area contributed by atoms with Crippen LogP contribution in [-0.2, 0) is 0 Å². The van der Waals surface area contributed by atoms with Crippen LogP contribution in [0.3, 0.4) is 0 Å². The second-order valence-corrected chi connectivity index (χ2v) is 8.02. The summed E-state index contributed by atoms with van der Waals surface area (Å²) in [4.78, 5) is 14.9. The van der Waals surface area contributed by atoms with Crippen molar-refractivity contribution in [3.8, 4) is 5.75 Å². The molecule has 0 radical (unpaired) electrons. The van der Waals surface area contributed by atoms with E-state index in [1.54, 1.807) is 0 Å². The van der Waals surface area contributed by atoms with E-state index in [0.29, 0.717) is 19.1 Å². The maximum absolute atomic E-state index is 10.5. The van der Waals surface area contributed by atoms with E-state index in [1.807, 2.05) is 60.9 Å². The van der Waals surface area contributed by atoms with Crippen LogP contribution in [0.5, 0.6) is 5.75 Å². The molecule has 4 aromatic rings. The summed E-state index contributed by atoms with van der Waals surface area (Å²) in [7, 11) is 0. The molecule has 0 aliphatic carbocycles. The lowest BCUT2D eigenvalue weighted by molar-refractivity contribution is 0.0597. The number of aliphatic hydroxyl groups excluding tert-OH is 1. The second-order valence-electron chi connectivity index (χ2n) is 8.02. The molecule has 0 spiro atoms. The third-order valence-electron chi connectivity index (χ3n) is 5.93. The Morgan fingerprint density at radius 3 is 2.77 bits per heavy atom. The quantitative estimate of drug-likeness (QED) is 0.514. The number of aromatic nitrogens is 3. The second kappa shape index (κ2) is 8.42. The number of ether oxygens (including phenoxy) is 1. The maximum Gasteiger partial charge on any atom is 0.128 e. The Morgan fingerprint density at radius 1 is 1.07 bits per heavy atom. The van der Waals surface area contributed by atoms with Gasteiger partial charge in [0.15, 0.2) is 0 Å². The number of H-pyrrole nitrogens is 1. The van der Waals surface area contributed by atoms with Gasteiger partial charge in [-0.1, -0.05) is 18.2 Å². The standard InChI is InChI=1S/C24H26N4O2/c29-18(16-30-24-7-3-6-20-19(24)8-11-25-20)15-28-12-9-17(10-13-28)23-14-26-21-4-1-2-5-22(21)27-23/h1-8,11,14,17-18,25,29H,9-10,12-13,15-16H2/t18-/m0/s1.